The minimum atomic E-state index is 0.333. The lowest BCUT2D eigenvalue weighted by atomic mass is 10.0. The summed E-state index contributed by atoms with van der Waals surface area (Å²) in [4.78, 5) is 28.6. The van der Waals surface area contributed by atoms with E-state index in [-0.39, 0.29) is 0 Å². The molecule has 154 valence electrons. The van der Waals surface area contributed by atoms with Crippen molar-refractivity contribution in [1.82, 2.24) is 14.9 Å². The number of morpholine rings is 1. The van der Waals surface area contributed by atoms with Crippen LogP contribution in [0.1, 0.15) is 44.2 Å². The Hall–Kier alpha value is -1.89. The molecule has 2 aliphatic heterocycles. The molecule has 2 saturated heterocycles. The van der Waals surface area contributed by atoms with Crippen LogP contribution in [0.15, 0.2) is 6.07 Å². The second kappa shape index (κ2) is 9.07. The van der Waals surface area contributed by atoms with Crippen LogP contribution in [0.5, 0.6) is 0 Å². The SMILES string of the molecule is Cc1cc(N2CCN(C(=O)CCC3CCCC3)CC2)nc(N2CCOCC2)n1. The van der Waals surface area contributed by atoms with Crippen LogP contribution >= 0.6 is 0 Å². The van der Waals surface area contributed by atoms with Crippen molar-refractivity contribution in [2.75, 3.05) is 62.3 Å². The van der Waals surface area contributed by atoms with Gasteiger partial charge in [-0.2, -0.15) is 4.98 Å². The van der Waals surface area contributed by atoms with E-state index in [1.165, 1.54) is 25.7 Å². The predicted octanol–water partition coefficient (Wildman–Crippen LogP) is 2.24. The first-order valence-electron chi connectivity index (χ1n) is 10.9. The van der Waals surface area contributed by atoms with E-state index < -0.39 is 0 Å². The van der Waals surface area contributed by atoms with Crippen LogP contribution in [0, 0.1) is 12.8 Å². The fourth-order valence-corrected chi connectivity index (χ4v) is 4.57. The van der Waals surface area contributed by atoms with Gasteiger partial charge in [0.1, 0.15) is 5.82 Å². The largest absolute Gasteiger partial charge is 0.378 e. The molecule has 1 amide bonds. The van der Waals surface area contributed by atoms with Crippen molar-refractivity contribution < 1.29 is 9.53 Å². The Morgan fingerprint density at radius 1 is 1.04 bits per heavy atom. The molecule has 1 aromatic heterocycles. The number of carbonyl (C=O) groups is 1. The van der Waals surface area contributed by atoms with Crippen molar-refractivity contribution in [2.24, 2.45) is 5.92 Å². The van der Waals surface area contributed by atoms with Crippen molar-refractivity contribution in [3.05, 3.63) is 11.8 Å². The molecule has 7 nitrogen and oxygen atoms in total. The molecule has 1 saturated carbocycles. The van der Waals surface area contributed by atoms with Crippen LogP contribution in [0.4, 0.5) is 11.8 Å². The van der Waals surface area contributed by atoms with Crippen molar-refractivity contribution in [3.8, 4) is 0 Å². The molecule has 0 N–H and O–H groups in total. The highest BCUT2D eigenvalue weighted by molar-refractivity contribution is 5.76. The summed E-state index contributed by atoms with van der Waals surface area (Å²) in [7, 11) is 0. The number of ether oxygens (including phenoxy) is 1. The van der Waals surface area contributed by atoms with Crippen LogP contribution in [0.3, 0.4) is 0 Å². The smallest absolute Gasteiger partial charge is 0.227 e. The Kier molecular flexibility index (Phi) is 6.29. The lowest BCUT2D eigenvalue weighted by molar-refractivity contribution is -0.131. The lowest BCUT2D eigenvalue weighted by Crippen LogP contribution is -2.49. The second-order valence-corrected chi connectivity index (χ2v) is 8.32. The Balaban J connectivity index is 1.31. The third kappa shape index (κ3) is 4.74. The zero-order valence-electron chi connectivity index (χ0n) is 17.1. The average molecular weight is 388 g/mol. The first kappa shape index (κ1) is 19.4. The first-order valence-corrected chi connectivity index (χ1v) is 10.9. The van der Waals surface area contributed by atoms with Gasteiger partial charge in [0.25, 0.3) is 0 Å². The van der Waals surface area contributed by atoms with Gasteiger partial charge in [0.15, 0.2) is 0 Å². The molecule has 0 unspecified atom stereocenters. The maximum absolute atomic E-state index is 12.6. The summed E-state index contributed by atoms with van der Waals surface area (Å²) in [6.45, 7) is 8.43. The summed E-state index contributed by atoms with van der Waals surface area (Å²) in [5.74, 6) is 2.90. The Morgan fingerprint density at radius 3 is 2.46 bits per heavy atom. The van der Waals surface area contributed by atoms with Gasteiger partial charge in [-0.25, -0.2) is 4.98 Å². The van der Waals surface area contributed by atoms with Gasteiger partial charge in [0.2, 0.25) is 11.9 Å². The normalized spacial score (nSPS) is 21.4. The van der Waals surface area contributed by atoms with Crippen molar-refractivity contribution in [2.45, 2.75) is 45.4 Å². The van der Waals surface area contributed by atoms with Gasteiger partial charge in [0, 0.05) is 57.4 Å². The first-order chi connectivity index (χ1) is 13.7. The molecule has 0 spiro atoms. The summed E-state index contributed by atoms with van der Waals surface area (Å²) in [5.41, 5.74) is 0.988. The quantitative estimate of drug-likeness (QED) is 0.772. The topological polar surface area (TPSA) is 61.8 Å². The molecule has 1 aliphatic carbocycles. The third-order valence-corrected chi connectivity index (χ3v) is 6.32. The molecule has 7 heteroatoms. The van der Waals surface area contributed by atoms with Gasteiger partial charge in [-0.15, -0.1) is 0 Å². The number of piperazine rings is 1. The van der Waals surface area contributed by atoms with E-state index >= 15 is 0 Å². The molecular formula is C21H33N5O2. The van der Waals surface area contributed by atoms with E-state index in [4.69, 9.17) is 9.72 Å². The number of nitrogens with zero attached hydrogens (tertiary/aromatic N) is 5. The predicted molar refractivity (Wildman–Crippen MR) is 110 cm³/mol. The molecular weight excluding hydrogens is 354 g/mol. The van der Waals surface area contributed by atoms with Crippen LogP contribution in [-0.2, 0) is 9.53 Å². The highest BCUT2D eigenvalue weighted by atomic mass is 16.5. The number of hydrogen-bond donors (Lipinski definition) is 0. The summed E-state index contributed by atoms with van der Waals surface area (Å²) in [6.07, 6.45) is 7.13. The molecule has 0 aromatic carbocycles. The zero-order valence-corrected chi connectivity index (χ0v) is 17.1. The monoisotopic (exact) mass is 387 g/mol. The number of carbonyl (C=O) groups excluding carboxylic acids is 1. The molecule has 0 atom stereocenters. The molecule has 4 rings (SSSR count). The van der Waals surface area contributed by atoms with E-state index in [0.29, 0.717) is 5.91 Å². The number of rotatable bonds is 5. The molecule has 28 heavy (non-hydrogen) atoms. The van der Waals surface area contributed by atoms with Gasteiger partial charge < -0.3 is 19.4 Å². The Labute approximate surface area is 168 Å². The number of amides is 1. The third-order valence-electron chi connectivity index (χ3n) is 6.32. The van der Waals surface area contributed by atoms with Crippen LogP contribution in [0.2, 0.25) is 0 Å². The van der Waals surface area contributed by atoms with Crippen LogP contribution in [0.25, 0.3) is 0 Å². The standard InChI is InChI=1S/C21H33N5O2/c1-17-16-19(23-21(22-17)26-12-14-28-15-13-26)24-8-10-25(11-9-24)20(27)7-6-18-4-2-3-5-18/h16,18H,2-15H2,1H3. The van der Waals surface area contributed by atoms with Crippen LogP contribution < -0.4 is 9.80 Å². The fraction of sp³-hybridized carbons (Fsp3) is 0.762. The number of aromatic nitrogens is 2. The summed E-state index contributed by atoms with van der Waals surface area (Å²) in [6, 6.07) is 2.06. The van der Waals surface area contributed by atoms with Crippen molar-refractivity contribution in [3.63, 3.8) is 0 Å². The summed E-state index contributed by atoms with van der Waals surface area (Å²) in [5, 5.41) is 0. The summed E-state index contributed by atoms with van der Waals surface area (Å²) < 4.78 is 5.44. The molecule has 0 bridgehead atoms. The highest BCUT2D eigenvalue weighted by Crippen LogP contribution is 2.29. The highest BCUT2D eigenvalue weighted by Gasteiger charge is 2.24. The zero-order chi connectivity index (χ0) is 19.3. The van der Waals surface area contributed by atoms with E-state index in [0.717, 1.165) is 88.7 Å². The maximum atomic E-state index is 12.6. The van der Waals surface area contributed by atoms with Crippen molar-refractivity contribution in [1.29, 1.82) is 0 Å². The molecule has 3 fully saturated rings. The van der Waals surface area contributed by atoms with E-state index in [1.807, 2.05) is 11.8 Å². The van der Waals surface area contributed by atoms with Gasteiger partial charge in [-0.05, 0) is 19.3 Å². The second-order valence-electron chi connectivity index (χ2n) is 8.32. The lowest BCUT2D eigenvalue weighted by Gasteiger charge is -2.36. The molecule has 0 radical (unpaired) electrons. The molecule has 3 aliphatic rings. The minimum absolute atomic E-state index is 0.333. The molecule has 1 aromatic rings. The van der Waals surface area contributed by atoms with Crippen molar-refractivity contribution >= 4 is 17.7 Å². The van der Waals surface area contributed by atoms with Gasteiger partial charge >= 0.3 is 0 Å². The number of aryl methyl sites for hydroxylation is 1. The maximum Gasteiger partial charge on any atom is 0.227 e. The van der Waals surface area contributed by atoms with E-state index in [1.54, 1.807) is 0 Å². The number of hydrogen-bond acceptors (Lipinski definition) is 6. The van der Waals surface area contributed by atoms with Gasteiger partial charge in [-0.3, -0.25) is 4.79 Å². The Bertz CT molecular complexity index is 663. The molecule has 3 heterocycles. The van der Waals surface area contributed by atoms with E-state index in [9.17, 15) is 4.79 Å². The van der Waals surface area contributed by atoms with E-state index in [2.05, 4.69) is 20.9 Å². The van der Waals surface area contributed by atoms with Gasteiger partial charge in [-0.1, -0.05) is 25.7 Å². The Morgan fingerprint density at radius 2 is 1.75 bits per heavy atom. The average Bonchev–Trinajstić information content (AvgIpc) is 3.26. The number of anilines is 2. The van der Waals surface area contributed by atoms with Crippen LogP contribution in [-0.4, -0.2) is 73.3 Å². The minimum Gasteiger partial charge on any atom is -0.378 e. The van der Waals surface area contributed by atoms with Gasteiger partial charge in [0.05, 0.1) is 13.2 Å². The summed E-state index contributed by atoms with van der Waals surface area (Å²) >= 11 is 0. The fourth-order valence-electron chi connectivity index (χ4n) is 4.57.